The standard InChI is InChI=1S/C28H35IN2O8/c1-6-24(33)36-18-38-27(2,3)23(32)10-8-7-9-15-37-28(4,5)25(34)30-21-13-11-20-17-22(31-26(35)39-29)14-12-19(20)16-21/h6,11-14,16-17,29H,1,7-10,15,18H2,2-5H3,(H-,30,31,34,35)/p+1. The van der Waals surface area contributed by atoms with Crippen LogP contribution in [0.15, 0.2) is 49.1 Å². The molecule has 39 heavy (non-hydrogen) atoms. The van der Waals surface area contributed by atoms with Crippen LogP contribution in [0.4, 0.5) is 16.2 Å². The number of carbonyl (C=O) groups is 4. The second-order valence-corrected chi connectivity index (χ2v) is 10.2. The van der Waals surface area contributed by atoms with E-state index in [1.165, 1.54) is 23.0 Å². The number of amides is 2. The van der Waals surface area contributed by atoms with Crippen LogP contribution >= 0.6 is 0 Å². The molecule has 0 atom stereocenters. The number of halogens is 1. The van der Waals surface area contributed by atoms with Crippen LogP contribution in [0.5, 0.6) is 0 Å². The number of fused-ring (bicyclic) bond motifs is 1. The largest absolute Gasteiger partial charge is 0.521 e. The van der Waals surface area contributed by atoms with Crippen molar-refractivity contribution in [3.05, 3.63) is 49.1 Å². The van der Waals surface area contributed by atoms with E-state index in [1.807, 2.05) is 24.3 Å². The summed E-state index contributed by atoms with van der Waals surface area (Å²) in [4.78, 5) is 47.8. The highest BCUT2D eigenvalue weighted by atomic mass is 127. The maximum atomic E-state index is 12.9. The summed E-state index contributed by atoms with van der Waals surface area (Å²) in [5.41, 5.74) is -0.891. The Kier molecular flexibility index (Phi) is 12.3. The summed E-state index contributed by atoms with van der Waals surface area (Å²) < 4.78 is 20.6. The van der Waals surface area contributed by atoms with Crippen molar-refractivity contribution < 1.29 is 59.5 Å². The number of esters is 1. The number of Topliss-reactive ketones (excluding diaryl/α,β-unsaturated/α-hetero) is 1. The van der Waals surface area contributed by atoms with Crippen LogP contribution in [0.2, 0.25) is 0 Å². The average Bonchev–Trinajstić information content (AvgIpc) is 2.90. The van der Waals surface area contributed by atoms with Crippen LogP contribution in [0.25, 0.3) is 10.8 Å². The van der Waals surface area contributed by atoms with Crippen LogP contribution < -0.4 is 33.6 Å². The fraction of sp³-hybridized carbons (Fsp3) is 0.429. The molecule has 10 nitrogen and oxygen atoms in total. The molecular formula is C28H36IN2O8+. The van der Waals surface area contributed by atoms with E-state index in [0.717, 1.165) is 23.3 Å². The molecule has 2 rings (SSSR count). The molecule has 2 aromatic carbocycles. The number of benzene rings is 2. The summed E-state index contributed by atoms with van der Waals surface area (Å²) in [5, 5.41) is 7.30. The number of ether oxygens (including phenoxy) is 3. The van der Waals surface area contributed by atoms with Crippen molar-refractivity contribution in [2.24, 2.45) is 0 Å². The highest BCUT2D eigenvalue weighted by Gasteiger charge is 2.29. The lowest BCUT2D eigenvalue weighted by Gasteiger charge is -2.25. The zero-order chi connectivity index (χ0) is 29.1. The fourth-order valence-corrected chi connectivity index (χ4v) is 3.57. The molecule has 11 heteroatoms. The van der Waals surface area contributed by atoms with E-state index in [4.69, 9.17) is 14.2 Å². The Balaban J connectivity index is 1.75. The molecule has 212 valence electrons. The Labute approximate surface area is 242 Å². The smallest absolute Gasteiger partial charge is 0.435 e. The minimum atomic E-state index is -1.07. The molecule has 0 aliphatic heterocycles. The first-order valence-electron chi connectivity index (χ1n) is 12.4. The molecule has 2 amide bonds. The molecule has 0 spiro atoms. The minimum Gasteiger partial charge on any atom is -0.435 e. The van der Waals surface area contributed by atoms with Crippen molar-refractivity contribution in [3.63, 3.8) is 0 Å². The first-order valence-corrected chi connectivity index (χ1v) is 13.4. The molecule has 0 radical (unpaired) electrons. The Bertz CT molecular complexity index is 1200. The predicted octanol–water partition coefficient (Wildman–Crippen LogP) is 1.93. The van der Waals surface area contributed by atoms with Gasteiger partial charge in [-0.15, -0.1) is 0 Å². The van der Waals surface area contributed by atoms with E-state index in [9.17, 15) is 19.2 Å². The maximum absolute atomic E-state index is 12.9. The van der Waals surface area contributed by atoms with Crippen molar-refractivity contribution >= 4 is 45.9 Å². The molecule has 0 bridgehead atoms. The number of rotatable bonds is 15. The van der Waals surface area contributed by atoms with Gasteiger partial charge >= 0.3 is 35.1 Å². The van der Waals surface area contributed by atoms with Gasteiger partial charge in [-0.05, 0) is 75.6 Å². The van der Waals surface area contributed by atoms with Crippen molar-refractivity contribution in [3.8, 4) is 0 Å². The minimum absolute atomic E-state index is 0.0933. The molecule has 0 saturated carbocycles. The van der Waals surface area contributed by atoms with E-state index in [1.54, 1.807) is 39.8 Å². The highest BCUT2D eigenvalue weighted by Crippen LogP contribution is 2.24. The number of hydrogen-bond acceptors (Lipinski definition) is 8. The Hall–Kier alpha value is -3.03. The van der Waals surface area contributed by atoms with Gasteiger partial charge in [0.2, 0.25) is 0 Å². The zero-order valence-corrected chi connectivity index (χ0v) is 25.0. The lowest BCUT2D eigenvalue weighted by molar-refractivity contribution is -0.652. The topological polar surface area (TPSA) is 129 Å². The average molecular weight is 656 g/mol. The van der Waals surface area contributed by atoms with Gasteiger partial charge in [-0.2, -0.15) is 3.07 Å². The van der Waals surface area contributed by atoms with Crippen LogP contribution in [0.3, 0.4) is 0 Å². The number of hydrogen-bond donors (Lipinski definition) is 2. The second-order valence-electron chi connectivity index (χ2n) is 9.76. The summed E-state index contributed by atoms with van der Waals surface area (Å²) in [6.07, 6.45) is 2.86. The van der Waals surface area contributed by atoms with E-state index < -0.39 is 23.3 Å². The molecule has 0 unspecified atom stereocenters. The van der Waals surface area contributed by atoms with Gasteiger partial charge in [0.05, 0.1) is 0 Å². The predicted molar refractivity (Wildman–Crippen MR) is 144 cm³/mol. The molecule has 0 heterocycles. The Morgan fingerprint density at radius 1 is 0.872 bits per heavy atom. The van der Waals surface area contributed by atoms with Crippen molar-refractivity contribution in [2.45, 2.75) is 64.6 Å². The summed E-state index contributed by atoms with van der Waals surface area (Å²) in [6, 6.07) is 10.9. The SMILES string of the molecule is C=CC(=O)OCOC(C)(C)C(=O)CCCCCOC(C)(C)C(=O)Nc1ccc2cc(NC(=O)O[IH+])ccc2c1. The fourth-order valence-electron chi connectivity index (χ4n) is 3.45. The Morgan fingerprint density at radius 3 is 2.08 bits per heavy atom. The van der Waals surface area contributed by atoms with Gasteiger partial charge in [0, 0.05) is 30.5 Å². The van der Waals surface area contributed by atoms with Crippen LogP contribution in [0.1, 0.15) is 53.4 Å². The van der Waals surface area contributed by atoms with Crippen molar-refractivity contribution in [2.75, 3.05) is 24.0 Å². The Morgan fingerprint density at radius 2 is 1.49 bits per heavy atom. The normalized spacial score (nSPS) is 11.5. The van der Waals surface area contributed by atoms with Crippen LogP contribution in [-0.2, 0) is 31.7 Å². The van der Waals surface area contributed by atoms with Gasteiger partial charge in [-0.1, -0.05) is 25.1 Å². The molecule has 0 aliphatic carbocycles. The van der Waals surface area contributed by atoms with Crippen LogP contribution in [0, 0.1) is 0 Å². The second kappa shape index (κ2) is 14.9. The monoisotopic (exact) mass is 655 g/mol. The van der Waals surface area contributed by atoms with Crippen LogP contribution in [-0.4, -0.2) is 48.4 Å². The molecule has 0 aromatic heterocycles. The first-order chi connectivity index (χ1) is 18.4. The van der Waals surface area contributed by atoms with E-state index >= 15 is 0 Å². The molecular weight excluding hydrogens is 619 g/mol. The maximum Gasteiger partial charge on any atom is 0.521 e. The summed E-state index contributed by atoms with van der Waals surface area (Å²) in [5.74, 6) is -0.987. The first kappa shape index (κ1) is 32.2. The third kappa shape index (κ3) is 10.6. The zero-order valence-electron chi connectivity index (χ0n) is 22.7. The van der Waals surface area contributed by atoms with E-state index in [0.29, 0.717) is 37.2 Å². The summed E-state index contributed by atoms with van der Waals surface area (Å²) >= 11 is 1.23. The number of unbranched alkanes of at least 4 members (excludes halogenated alkanes) is 2. The van der Waals surface area contributed by atoms with E-state index in [-0.39, 0.29) is 18.5 Å². The quantitative estimate of drug-likeness (QED) is 0.0980. The number of anilines is 2. The van der Waals surface area contributed by atoms with Gasteiger partial charge in [0.25, 0.3) is 5.91 Å². The highest BCUT2D eigenvalue weighted by molar-refractivity contribution is 5.99. The molecule has 0 aliphatic rings. The molecule has 0 saturated heterocycles. The van der Waals surface area contributed by atoms with E-state index in [2.05, 4.69) is 20.3 Å². The molecule has 2 N–H and O–H groups in total. The summed E-state index contributed by atoms with van der Waals surface area (Å²) in [6.45, 7) is 10.0. The van der Waals surface area contributed by atoms with Gasteiger partial charge in [0.1, 0.15) is 11.2 Å². The van der Waals surface area contributed by atoms with Gasteiger partial charge in [0.15, 0.2) is 12.6 Å². The summed E-state index contributed by atoms with van der Waals surface area (Å²) in [7, 11) is 0. The van der Waals surface area contributed by atoms with Crippen molar-refractivity contribution in [1.29, 1.82) is 0 Å². The lowest BCUT2D eigenvalue weighted by Crippen LogP contribution is -3.34. The van der Waals surface area contributed by atoms with Crippen molar-refractivity contribution in [1.82, 2.24) is 0 Å². The number of carbonyl (C=O) groups excluding carboxylic acids is 4. The number of nitrogens with one attached hydrogen (secondary N) is 2. The third-order valence-corrected chi connectivity index (χ3v) is 6.37. The van der Waals surface area contributed by atoms with Gasteiger partial charge in [-0.25, -0.2) is 9.59 Å². The molecule has 2 aromatic rings. The van der Waals surface area contributed by atoms with Gasteiger partial charge < -0.3 is 19.5 Å². The lowest BCUT2D eigenvalue weighted by atomic mass is 9.98. The van der Waals surface area contributed by atoms with Gasteiger partial charge in [-0.3, -0.25) is 14.9 Å². The third-order valence-electron chi connectivity index (χ3n) is 5.94. The molecule has 0 fully saturated rings. The number of ketones is 1.